The van der Waals surface area contributed by atoms with E-state index in [1.54, 1.807) is 12.5 Å². The first-order valence-corrected chi connectivity index (χ1v) is 9.83. The highest BCUT2D eigenvalue weighted by Gasteiger charge is 2.35. The molecule has 1 aromatic rings. The largest absolute Gasteiger partial charge is 0.396 e. The quantitative estimate of drug-likeness (QED) is 0.813. The first kappa shape index (κ1) is 18.4. The molecule has 0 bridgehead atoms. The van der Waals surface area contributed by atoms with Gasteiger partial charge in [0.05, 0.1) is 6.33 Å². The summed E-state index contributed by atoms with van der Waals surface area (Å²) in [5.74, 6) is 0.887. The Kier molecular flexibility index (Phi) is 6.87. The van der Waals surface area contributed by atoms with Gasteiger partial charge in [-0.3, -0.25) is 4.79 Å². The van der Waals surface area contributed by atoms with Gasteiger partial charge in [-0.05, 0) is 38.3 Å². The van der Waals surface area contributed by atoms with E-state index >= 15 is 0 Å². The van der Waals surface area contributed by atoms with Crippen LogP contribution in [-0.4, -0.2) is 69.7 Å². The van der Waals surface area contributed by atoms with E-state index in [1.807, 2.05) is 15.7 Å². The summed E-state index contributed by atoms with van der Waals surface area (Å²) >= 11 is 0. The standard InChI is InChI=1S/C19H32N4O2/c24-15-18-14-23(19(25)6-5-10-22-11-7-20-16-22)13-17(18)12-21-8-3-1-2-4-9-21/h7,11,16-18,24H,1-6,8-10,12-15H2. The molecule has 0 spiro atoms. The maximum absolute atomic E-state index is 12.5. The molecule has 0 aromatic carbocycles. The van der Waals surface area contributed by atoms with Crippen LogP contribution in [-0.2, 0) is 11.3 Å². The molecular weight excluding hydrogens is 316 g/mol. The normalized spacial score (nSPS) is 25.2. The first-order chi connectivity index (χ1) is 12.3. The average Bonchev–Trinajstić information content (AvgIpc) is 3.20. The van der Waals surface area contributed by atoms with E-state index in [9.17, 15) is 9.90 Å². The second-order valence-corrected chi connectivity index (χ2v) is 7.62. The Labute approximate surface area is 150 Å². The molecule has 2 aliphatic rings. The molecule has 1 N–H and O–H groups in total. The summed E-state index contributed by atoms with van der Waals surface area (Å²) in [5.41, 5.74) is 0. The molecule has 0 aliphatic carbocycles. The van der Waals surface area contributed by atoms with Gasteiger partial charge in [-0.15, -0.1) is 0 Å². The molecule has 6 nitrogen and oxygen atoms in total. The number of amides is 1. The number of hydrogen-bond acceptors (Lipinski definition) is 4. The molecule has 2 unspecified atom stereocenters. The van der Waals surface area contributed by atoms with E-state index in [0.717, 1.165) is 32.6 Å². The van der Waals surface area contributed by atoms with Crippen LogP contribution in [0.1, 0.15) is 38.5 Å². The molecule has 0 saturated carbocycles. The second kappa shape index (κ2) is 9.34. The Hall–Kier alpha value is -1.40. The molecule has 140 valence electrons. The van der Waals surface area contributed by atoms with Crippen molar-refractivity contribution in [2.75, 3.05) is 39.3 Å². The van der Waals surface area contributed by atoms with Crippen LogP contribution in [0.4, 0.5) is 0 Å². The maximum Gasteiger partial charge on any atom is 0.222 e. The summed E-state index contributed by atoms with van der Waals surface area (Å²) in [6.07, 6.45) is 12.2. The Morgan fingerprint density at radius 1 is 1.12 bits per heavy atom. The van der Waals surface area contributed by atoms with Crippen molar-refractivity contribution in [3.63, 3.8) is 0 Å². The van der Waals surface area contributed by atoms with E-state index in [4.69, 9.17) is 0 Å². The van der Waals surface area contributed by atoms with Gasteiger partial charge in [0, 0.05) is 57.5 Å². The van der Waals surface area contributed by atoms with Gasteiger partial charge in [0.25, 0.3) is 0 Å². The number of hydrogen-bond donors (Lipinski definition) is 1. The highest BCUT2D eigenvalue weighted by atomic mass is 16.3. The molecule has 3 rings (SSSR count). The smallest absolute Gasteiger partial charge is 0.222 e. The van der Waals surface area contributed by atoms with E-state index in [1.165, 1.54) is 38.8 Å². The van der Waals surface area contributed by atoms with Crippen LogP contribution < -0.4 is 0 Å². The van der Waals surface area contributed by atoms with Crippen molar-refractivity contribution in [1.29, 1.82) is 0 Å². The fourth-order valence-corrected chi connectivity index (χ4v) is 4.20. The minimum Gasteiger partial charge on any atom is -0.396 e. The fraction of sp³-hybridized carbons (Fsp3) is 0.789. The van der Waals surface area contributed by atoms with Gasteiger partial charge in [0.2, 0.25) is 5.91 Å². The minimum atomic E-state index is 0.192. The molecule has 0 radical (unpaired) electrons. The fourth-order valence-electron chi connectivity index (χ4n) is 4.20. The Balaban J connectivity index is 1.45. The molecular formula is C19H32N4O2. The number of likely N-dealkylation sites (tertiary alicyclic amines) is 2. The second-order valence-electron chi connectivity index (χ2n) is 7.62. The van der Waals surface area contributed by atoms with Crippen molar-refractivity contribution >= 4 is 5.91 Å². The minimum absolute atomic E-state index is 0.192. The monoisotopic (exact) mass is 348 g/mol. The number of rotatable bonds is 7. The highest BCUT2D eigenvalue weighted by Crippen LogP contribution is 2.26. The number of carbonyl (C=O) groups excluding carboxylic acids is 1. The lowest BCUT2D eigenvalue weighted by Crippen LogP contribution is -2.35. The molecule has 3 heterocycles. The molecule has 2 atom stereocenters. The summed E-state index contributed by atoms with van der Waals surface area (Å²) in [5, 5.41) is 9.76. The zero-order chi connectivity index (χ0) is 17.5. The van der Waals surface area contributed by atoms with E-state index in [0.29, 0.717) is 12.3 Å². The molecule has 2 saturated heterocycles. The van der Waals surface area contributed by atoms with Gasteiger partial charge in [-0.25, -0.2) is 4.98 Å². The predicted molar refractivity (Wildman–Crippen MR) is 97.0 cm³/mol. The number of aliphatic hydroxyl groups is 1. The maximum atomic E-state index is 12.5. The lowest BCUT2D eigenvalue weighted by Gasteiger charge is -2.26. The van der Waals surface area contributed by atoms with Crippen molar-refractivity contribution < 1.29 is 9.90 Å². The van der Waals surface area contributed by atoms with Gasteiger partial charge in [-0.1, -0.05) is 12.8 Å². The van der Waals surface area contributed by atoms with Gasteiger partial charge in [0.1, 0.15) is 0 Å². The summed E-state index contributed by atoms with van der Waals surface area (Å²) < 4.78 is 2.01. The van der Waals surface area contributed by atoms with Crippen molar-refractivity contribution in [2.45, 2.75) is 45.1 Å². The summed E-state index contributed by atoms with van der Waals surface area (Å²) in [7, 11) is 0. The third-order valence-electron chi connectivity index (χ3n) is 5.72. The van der Waals surface area contributed by atoms with Crippen LogP contribution in [0, 0.1) is 11.8 Å². The van der Waals surface area contributed by atoms with Gasteiger partial charge < -0.3 is 19.5 Å². The Bertz CT molecular complexity index is 512. The summed E-state index contributed by atoms with van der Waals surface area (Å²) in [6, 6.07) is 0. The third-order valence-corrected chi connectivity index (χ3v) is 5.72. The number of carbonyl (C=O) groups is 1. The number of aromatic nitrogens is 2. The third kappa shape index (κ3) is 5.28. The zero-order valence-corrected chi connectivity index (χ0v) is 15.2. The van der Waals surface area contributed by atoms with Crippen LogP contribution in [0.2, 0.25) is 0 Å². The molecule has 2 fully saturated rings. The lowest BCUT2D eigenvalue weighted by molar-refractivity contribution is -0.130. The highest BCUT2D eigenvalue weighted by molar-refractivity contribution is 5.76. The van der Waals surface area contributed by atoms with E-state index < -0.39 is 0 Å². The van der Waals surface area contributed by atoms with Gasteiger partial charge in [0.15, 0.2) is 0 Å². The van der Waals surface area contributed by atoms with Crippen molar-refractivity contribution in [2.24, 2.45) is 11.8 Å². The molecule has 25 heavy (non-hydrogen) atoms. The Morgan fingerprint density at radius 2 is 1.88 bits per heavy atom. The summed E-state index contributed by atoms with van der Waals surface area (Å²) in [4.78, 5) is 21.1. The SMILES string of the molecule is O=C(CCCn1ccnc1)N1CC(CO)C(CN2CCCCCC2)C1. The molecule has 2 aliphatic heterocycles. The van der Waals surface area contributed by atoms with Gasteiger partial charge >= 0.3 is 0 Å². The first-order valence-electron chi connectivity index (χ1n) is 9.83. The number of aliphatic hydroxyl groups excluding tert-OH is 1. The van der Waals surface area contributed by atoms with Crippen molar-refractivity contribution in [1.82, 2.24) is 19.4 Å². The number of aryl methyl sites for hydroxylation is 1. The van der Waals surface area contributed by atoms with Crippen LogP contribution in [0.25, 0.3) is 0 Å². The number of imidazole rings is 1. The van der Waals surface area contributed by atoms with E-state index in [2.05, 4.69) is 9.88 Å². The topological polar surface area (TPSA) is 61.6 Å². The number of nitrogens with zero attached hydrogens (tertiary/aromatic N) is 4. The lowest BCUT2D eigenvalue weighted by atomic mass is 9.96. The van der Waals surface area contributed by atoms with Crippen LogP contribution >= 0.6 is 0 Å². The predicted octanol–water partition coefficient (Wildman–Crippen LogP) is 1.61. The zero-order valence-electron chi connectivity index (χ0n) is 15.2. The van der Waals surface area contributed by atoms with Crippen molar-refractivity contribution in [3.05, 3.63) is 18.7 Å². The average molecular weight is 348 g/mol. The van der Waals surface area contributed by atoms with E-state index in [-0.39, 0.29) is 18.4 Å². The van der Waals surface area contributed by atoms with Crippen LogP contribution in [0.3, 0.4) is 0 Å². The molecule has 6 heteroatoms. The molecule has 1 aromatic heterocycles. The summed E-state index contributed by atoms with van der Waals surface area (Å²) in [6.45, 7) is 5.94. The van der Waals surface area contributed by atoms with Crippen LogP contribution in [0.5, 0.6) is 0 Å². The van der Waals surface area contributed by atoms with Gasteiger partial charge in [-0.2, -0.15) is 0 Å². The Morgan fingerprint density at radius 3 is 2.56 bits per heavy atom. The van der Waals surface area contributed by atoms with Crippen LogP contribution in [0.15, 0.2) is 18.7 Å². The molecule has 1 amide bonds. The van der Waals surface area contributed by atoms with Crippen molar-refractivity contribution in [3.8, 4) is 0 Å².